The van der Waals surface area contributed by atoms with Crippen LogP contribution in [0, 0.1) is 6.92 Å². The summed E-state index contributed by atoms with van der Waals surface area (Å²) in [6, 6.07) is 4.00. The van der Waals surface area contributed by atoms with Crippen molar-refractivity contribution in [2.24, 2.45) is 0 Å². The van der Waals surface area contributed by atoms with Crippen molar-refractivity contribution in [3.63, 3.8) is 0 Å². The molecule has 0 bridgehead atoms. The van der Waals surface area contributed by atoms with Crippen molar-refractivity contribution in [1.29, 1.82) is 0 Å². The van der Waals surface area contributed by atoms with Gasteiger partial charge in [0, 0.05) is 6.20 Å². The summed E-state index contributed by atoms with van der Waals surface area (Å²) in [5.74, 6) is 0.954. The lowest BCUT2D eigenvalue weighted by Gasteiger charge is -2.00. The van der Waals surface area contributed by atoms with Gasteiger partial charge in [-0.3, -0.25) is 4.79 Å². The van der Waals surface area contributed by atoms with Crippen LogP contribution >= 0.6 is 0 Å². The van der Waals surface area contributed by atoms with E-state index in [2.05, 4.69) is 4.98 Å². The summed E-state index contributed by atoms with van der Waals surface area (Å²) < 4.78 is 1.97. The minimum atomic E-state index is 0.138. The average Bonchev–Trinajstić information content (AvgIpc) is 2.49. The van der Waals surface area contributed by atoms with Crippen molar-refractivity contribution in [2.75, 3.05) is 0 Å². The quantitative estimate of drug-likeness (QED) is 0.719. The maximum Gasteiger partial charge on any atom is 0.137 e. The Hall–Kier alpha value is -1.64. The number of pyridine rings is 1. The van der Waals surface area contributed by atoms with E-state index in [4.69, 9.17) is 0 Å². The molecule has 0 atom stereocenters. The normalized spacial score (nSPS) is 10.7. The first-order valence-electron chi connectivity index (χ1n) is 4.59. The van der Waals surface area contributed by atoms with Crippen LogP contribution in [-0.4, -0.2) is 15.2 Å². The third kappa shape index (κ3) is 1.41. The van der Waals surface area contributed by atoms with E-state index in [-0.39, 0.29) is 5.78 Å². The molecule has 0 amide bonds. The van der Waals surface area contributed by atoms with Gasteiger partial charge >= 0.3 is 0 Å². The number of ketones is 1. The molecule has 2 aromatic rings. The summed E-state index contributed by atoms with van der Waals surface area (Å²) in [6.07, 6.45) is 4.15. The van der Waals surface area contributed by atoms with E-state index in [1.165, 1.54) is 5.56 Å². The zero-order chi connectivity index (χ0) is 10.1. The molecule has 0 aliphatic heterocycles. The predicted molar refractivity (Wildman–Crippen MR) is 54.3 cm³/mol. The van der Waals surface area contributed by atoms with Gasteiger partial charge in [-0.2, -0.15) is 0 Å². The van der Waals surface area contributed by atoms with Crippen LogP contribution in [0.1, 0.15) is 18.3 Å². The van der Waals surface area contributed by atoms with Crippen LogP contribution in [0.3, 0.4) is 0 Å². The van der Waals surface area contributed by atoms with Gasteiger partial charge in [0.1, 0.15) is 11.6 Å². The number of nitrogens with zero attached hydrogens (tertiary/aromatic N) is 2. The van der Waals surface area contributed by atoms with E-state index < -0.39 is 0 Å². The Labute approximate surface area is 82.4 Å². The van der Waals surface area contributed by atoms with Crippen LogP contribution < -0.4 is 0 Å². The van der Waals surface area contributed by atoms with Gasteiger partial charge in [-0.15, -0.1) is 0 Å². The van der Waals surface area contributed by atoms with Crippen molar-refractivity contribution in [3.05, 3.63) is 35.9 Å². The molecule has 72 valence electrons. The molecule has 0 N–H and O–H groups in total. The van der Waals surface area contributed by atoms with E-state index >= 15 is 0 Å². The third-order valence-electron chi connectivity index (χ3n) is 2.27. The summed E-state index contributed by atoms with van der Waals surface area (Å²) in [5.41, 5.74) is 2.25. The maximum absolute atomic E-state index is 11.0. The molecule has 0 spiro atoms. The molecule has 0 fully saturated rings. The van der Waals surface area contributed by atoms with Crippen molar-refractivity contribution in [2.45, 2.75) is 20.3 Å². The Kier molecular flexibility index (Phi) is 2.08. The van der Waals surface area contributed by atoms with Gasteiger partial charge < -0.3 is 4.40 Å². The van der Waals surface area contributed by atoms with Crippen molar-refractivity contribution in [3.8, 4) is 0 Å². The Morgan fingerprint density at radius 3 is 3.07 bits per heavy atom. The zero-order valence-corrected chi connectivity index (χ0v) is 8.32. The molecule has 0 aliphatic carbocycles. The average molecular weight is 188 g/mol. The first-order valence-corrected chi connectivity index (χ1v) is 4.59. The molecule has 2 rings (SSSR count). The van der Waals surface area contributed by atoms with E-state index in [0.717, 1.165) is 11.3 Å². The van der Waals surface area contributed by atoms with Gasteiger partial charge in [0.05, 0.1) is 18.1 Å². The van der Waals surface area contributed by atoms with Gasteiger partial charge in [0.15, 0.2) is 0 Å². The zero-order valence-electron chi connectivity index (χ0n) is 8.32. The first-order chi connectivity index (χ1) is 6.68. The highest BCUT2D eigenvalue weighted by atomic mass is 16.1. The van der Waals surface area contributed by atoms with Gasteiger partial charge in [-0.25, -0.2) is 4.98 Å². The number of rotatable bonds is 2. The lowest BCUT2D eigenvalue weighted by molar-refractivity contribution is -0.116. The van der Waals surface area contributed by atoms with Crippen LogP contribution in [0.5, 0.6) is 0 Å². The second-order valence-corrected chi connectivity index (χ2v) is 3.50. The fourth-order valence-electron chi connectivity index (χ4n) is 1.57. The van der Waals surface area contributed by atoms with Crippen molar-refractivity contribution >= 4 is 11.3 Å². The van der Waals surface area contributed by atoms with Gasteiger partial charge in [0.2, 0.25) is 0 Å². The van der Waals surface area contributed by atoms with Gasteiger partial charge in [-0.1, -0.05) is 6.07 Å². The fraction of sp³-hybridized carbons (Fsp3) is 0.273. The second-order valence-electron chi connectivity index (χ2n) is 3.50. The Morgan fingerprint density at radius 1 is 1.57 bits per heavy atom. The standard InChI is InChI=1S/C11H12N2O/c1-8-4-3-5-13-10(8)7-12-11(13)6-9(2)14/h3-5,7H,6H2,1-2H3. The number of carbonyl (C=O) groups excluding carboxylic acids is 1. The Balaban J connectivity index is 2.58. The lowest BCUT2D eigenvalue weighted by atomic mass is 10.2. The highest BCUT2D eigenvalue weighted by Gasteiger charge is 2.06. The highest BCUT2D eigenvalue weighted by molar-refractivity contribution is 5.77. The predicted octanol–water partition coefficient (Wildman–Crippen LogP) is 1.77. The topological polar surface area (TPSA) is 34.4 Å². The van der Waals surface area contributed by atoms with Crippen LogP contribution in [0.4, 0.5) is 0 Å². The van der Waals surface area contributed by atoms with Gasteiger partial charge in [0.25, 0.3) is 0 Å². The fourth-order valence-corrected chi connectivity index (χ4v) is 1.57. The second kappa shape index (κ2) is 3.25. The SMILES string of the molecule is CC(=O)Cc1ncc2c(C)cccn12. The van der Waals surface area contributed by atoms with Crippen molar-refractivity contribution < 1.29 is 4.79 Å². The number of imidazole rings is 1. The van der Waals surface area contributed by atoms with E-state index in [9.17, 15) is 4.79 Å². The summed E-state index contributed by atoms with van der Waals surface area (Å²) >= 11 is 0. The molecule has 0 aromatic carbocycles. The molecule has 0 saturated carbocycles. The van der Waals surface area contributed by atoms with Crippen LogP contribution in [0.15, 0.2) is 24.5 Å². The number of fused-ring (bicyclic) bond motifs is 1. The van der Waals surface area contributed by atoms with E-state index in [0.29, 0.717) is 6.42 Å². The molecule has 0 radical (unpaired) electrons. The molecule has 0 unspecified atom stereocenters. The summed E-state index contributed by atoms with van der Waals surface area (Å²) in [5, 5.41) is 0. The molecule has 0 saturated heterocycles. The number of hydrogen-bond donors (Lipinski definition) is 0. The summed E-state index contributed by atoms with van der Waals surface area (Å²) in [6.45, 7) is 3.62. The Morgan fingerprint density at radius 2 is 2.36 bits per heavy atom. The minimum absolute atomic E-state index is 0.138. The molecule has 3 heteroatoms. The molecular formula is C11H12N2O. The number of carbonyl (C=O) groups is 1. The monoisotopic (exact) mass is 188 g/mol. The molecule has 14 heavy (non-hydrogen) atoms. The number of Topliss-reactive ketones (excluding diaryl/α,β-unsaturated/α-hetero) is 1. The third-order valence-corrected chi connectivity index (χ3v) is 2.27. The maximum atomic E-state index is 11.0. The Bertz CT molecular complexity index is 485. The van der Waals surface area contributed by atoms with E-state index in [1.807, 2.05) is 35.9 Å². The van der Waals surface area contributed by atoms with Crippen LogP contribution in [-0.2, 0) is 11.2 Å². The molecule has 2 heterocycles. The molecular weight excluding hydrogens is 176 g/mol. The lowest BCUT2D eigenvalue weighted by Crippen LogP contribution is -2.01. The largest absolute Gasteiger partial charge is 0.303 e. The minimum Gasteiger partial charge on any atom is -0.303 e. The van der Waals surface area contributed by atoms with Gasteiger partial charge in [-0.05, 0) is 25.5 Å². The van der Waals surface area contributed by atoms with Crippen LogP contribution in [0.25, 0.3) is 5.52 Å². The number of aromatic nitrogens is 2. The smallest absolute Gasteiger partial charge is 0.137 e. The summed E-state index contributed by atoms with van der Waals surface area (Å²) in [4.78, 5) is 15.2. The molecule has 0 aliphatic rings. The first kappa shape index (κ1) is 8.94. The highest BCUT2D eigenvalue weighted by Crippen LogP contribution is 2.11. The van der Waals surface area contributed by atoms with Crippen molar-refractivity contribution in [1.82, 2.24) is 9.38 Å². The number of hydrogen-bond acceptors (Lipinski definition) is 2. The number of aryl methyl sites for hydroxylation is 1. The van der Waals surface area contributed by atoms with E-state index in [1.54, 1.807) is 6.92 Å². The van der Waals surface area contributed by atoms with Crippen LogP contribution in [0.2, 0.25) is 0 Å². The molecule has 3 nitrogen and oxygen atoms in total. The molecule has 2 aromatic heterocycles. The summed E-state index contributed by atoms with van der Waals surface area (Å²) in [7, 11) is 0.